The first-order chi connectivity index (χ1) is 12.4. The molecule has 2 aromatic carbocycles. The van der Waals surface area contributed by atoms with Crippen molar-refractivity contribution in [3.63, 3.8) is 0 Å². The molecule has 3 rings (SSSR count). The summed E-state index contributed by atoms with van der Waals surface area (Å²) in [6.45, 7) is 1.48. The van der Waals surface area contributed by atoms with Gasteiger partial charge < -0.3 is 14.5 Å². The molecule has 0 spiro atoms. The molecule has 0 saturated carbocycles. The van der Waals surface area contributed by atoms with Crippen molar-refractivity contribution in [3.05, 3.63) is 64.6 Å². The Morgan fingerprint density at radius 3 is 2.81 bits per heavy atom. The summed E-state index contributed by atoms with van der Waals surface area (Å²) in [6.07, 6.45) is 1.49. The zero-order valence-corrected chi connectivity index (χ0v) is 14.6. The number of benzene rings is 2. The molecule has 134 valence electrons. The highest BCUT2D eigenvalue weighted by atomic mass is 35.5. The maximum atomic E-state index is 13.0. The summed E-state index contributed by atoms with van der Waals surface area (Å²) in [6, 6.07) is 9.25. The lowest BCUT2D eigenvalue weighted by molar-refractivity contribution is -0.146. The summed E-state index contributed by atoms with van der Waals surface area (Å²) in [4.78, 5) is 23.8. The van der Waals surface area contributed by atoms with E-state index in [9.17, 15) is 14.0 Å². The minimum Gasteiger partial charge on any atom is -0.464 e. The van der Waals surface area contributed by atoms with E-state index in [4.69, 9.17) is 20.8 Å². The monoisotopic (exact) mass is 375 g/mol. The van der Waals surface area contributed by atoms with Crippen molar-refractivity contribution in [1.82, 2.24) is 0 Å². The number of hydrogen-bond acceptors (Lipinski definition) is 4. The molecule has 0 aliphatic carbocycles. The van der Waals surface area contributed by atoms with Gasteiger partial charge in [0, 0.05) is 10.9 Å². The van der Waals surface area contributed by atoms with Gasteiger partial charge >= 0.3 is 5.97 Å². The molecule has 0 aliphatic heterocycles. The average Bonchev–Trinajstić information content (AvgIpc) is 2.97. The molecule has 1 N–H and O–H groups in total. The Labute approximate surface area is 153 Å². The lowest BCUT2D eigenvalue weighted by Crippen LogP contribution is -2.21. The third-order valence-electron chi connectivity index (χ3n) is 3.72. The lowest BCUT2D eigenvalue weighted by Gasteiger charge is -2.08. The Morgan fingerprint density at radius 2 is 2.04 bits per heavy atom. The molecular formula is C19H15ClFNO4. The number of carbonyl (C=O) groups excluding carboxylic acids is 2. The standard InChI is InChI=1S/C19H15ClFNO4/c1-11-2-4-14-12(9-25-17(14)6-11)7-19(24)26-10-18(23)22-16-5-3-13(21)8-15(16)20/h2-6,8-9H,7,10H2,1H3,(H,22,23). The smallest absolute Gasteiger partial charge is 0.310 e. The quantitative estimate of drug-likeness (QED) is 0.676. The summed E-state index contributed by atoms with van der Waals surface area (Å²) in [7, 11) is 0. The van der Waals surface area contributed by atoms with Gasteiger partial charge in [0.05, 0.1) is 23.4 Å². The van der Waals surface area contributed by atoms with Crippen LogP contribution in [-0.4, -0.2) is 18.5 Å². The molecule has 1 heterocycles. The number of fused-ring (bicyclic) bond motifs is 1. The number of aryl methyl sites for hydroxylation is 1. The molecule has 5 nitrogen and oxygen atoms in total. The highest BCUT2D eigenvalue weighted by Crippen LogP contribution is 2.23. The van der Waals surface area contributed by atoms with Crippen molar-refractivity contribution < 1.29 is 23.1 Å². The first-order valence-corrected chi connectivity index (χ1v) is 8.17. The number of rotatable bonds is 5. The van der Waals surface area contributed by atoms with Gasteiger partial charge in [-0.1, -0.05) is 23.7 Å². The number of esters is 1. The maximum Gasteiger partial charge on any atom is 0.310 e. The number of hydrogen-bond donors (Lipinski definition) is 1. The van der Waals surface area contributed by atoms with Gasteiger partial charge in [-0.05, 0) is 36.8 Å². The van der Waals surface area contributed by atoms with Crippen LogP contribution in [0.5, 0.6) is 0 Å². The van der Waals surface area contributed by atoms with Crippen molar-refractivity contribution in [2.75, 3.05) is 11.9 Å². The SMILES string of the molecule is Cc1ccc2c(CC(=O)OCC(=O)Nc3ccc(F)cc3Cl)coc2c1. The third kappa shape index (κ3) is 4.21. The van der Waals surface area contributed by atoms with E-state index >= 15 is 0 Å². The van der Waals surface area contributed by atoms with E-state index in [1.54, 1.807) is 0 Å². The summed E-state index contributed by atoms with van der Waals surface area (Å²) in [5, 5.41) is 3.34. The molecule has 0 radical (unpaired) electrons. The van der Waals surface area contributed by atoms with Gasteiger partial charge in [-0.2, -0.15) is 0 Å². The normalized spacial score (nSPS) is 10.7. The van der Waals surface area contributed by atoms with Crippen LogP contribution in [0.25, 0.3) is 11.0 Å². The number of ether oxygens (including phenoxy) is 1. The predicted molar refractivity (Wildman–Crippen MR) is 95.7 cm³/mol. The zero-order valence-electron chi connectivity index (χ0n) is 13.8. The van der Waals surface area contributed by atoms with Gasteiger partial charge in [-0.25, -0.2) is 4.39 Å². The Morgan fingerprint density at radius 1 is 1.23 bits per heavy atom. The molecule has 0 aliphatic rings. The minimum atomic E-state index is -0.570. The van der Waals surface area contributed by atoms with E-state index in [2.05, 4.69) is 5.32 Å². The maximum absolute atomic E-state index is 13.0. The Balaban J connectivity index is 1.55. The van der Waals surface area contributed by atoms with Crippen LogP contribution in [0.2, 0.25) is 5.02 Å². The third-order valence-corrected chi connectivity index (χ3v) is 4.03. The van der Waals surface area contributed by atoms with Gasteiger partial charge in [0.1, 0.15) is 11.4 Å². The average molecular weight is 376 g/mol. The van der Waals surface area contributed by atoms with Gasteiger partial charge in [-0.15, -0.1) is 0 Å². The molecule has 1 aromatic heterocycles. The van der Waals surface area contributed by atoms with E-state index in [-0.39, 0.29) is 17.1 Å². The van der Waals surface area contributed by atoms with Gasteiger partial charge in [0.25, 0.3) is 5.91 Å². The van der Waals surface area contributed by atoms with Crippen LogP contribution in [-0.2, 0) is 20.7 Å². The largest absolute Gasteiger partial charge is 0.464 e. The molecule has 7 heteroatoms. The lowest BCUT2D eigenvalue weighted by atomic mass is 10.1. The Kier molecular flexibility index (Phi) is 5.23. The Hall–Kier alpha value is -2.86. The van der Waals surface area contributed by atoms with Crippen LogP contribution in [0.3, 0.4) is 0 Å². The molecule has 0 saturated heterocycles. The van der Waals surface area contributed by atoms with Crippen LogP contribution in [0, 0.1) is 12.7 Å². The molecule has 26 heavy (non-hydrogen) atoms. The number of halogens is 2. The van der Waals surface area contributed by atoms with Gasteiger partial charge in [0.2, 0.25) is 0 Å². The minimum absolute atomic E-state index is 0.0132. The van der Waals surface area contributed by atoms with E-state index in [0.29, 0.717) is 11.1 Å². The Bertz CT molecular complexity index is 983. The van der Waals surface area contributed by atoms with Crippen molar-refractivity contribution in [3.8, 4) is 0 Å². The van der Waals surface area contributed by atoms with Crippen LogP contribution >= 0.6 is 11.6 Å². The topological polar surface area (TPSA) is 68.5 Å². The van der Waals surface area contributed by atoms with Gasteiger partial charge in [-0.3, -0.25) is 9.59 Å². The second-order valence-electron chi connectivity index (χ2n) is 5.77. The fraction of sp³-hybridized carbons (Fsp3) is 0.158. The van der Waals surface area contributed by atoms with E-state index < -0.39 is 24.3 Å². The number of carbonyl (C=O) groups is 2. The van der Waals surface area contributed by atoms with E-state index in [1.807, 2.05) is 25.1 Å². The molecular weight excluding hydrogens is 361 g/mol. The highest BCUT2D eigenvalue weighted by Gasteiger charge is 2.14. The number of anilines is 1. The molecule has 1 amide bonds. The predicted octanol–water partition coefficient (Wildman–Crippen LogP) is 4.26. The first kappa shape index (κ1) is 17.9. The van der Waals surface area contributed by atoms with Crippen LogP contribution in [0.15, 0.2) is 47.1 Å². The summed E-state index contributed by atoms with van der Waals surface area (Å²) < 4.78 is 23.4. The summed E-state index contributed by atoms with van der Waals surface area (Å²) in [5.74, 6) is -1.64. The van der Waals surface area contributed by atoms with Crippen molar-refractivity contribution in [2.45, 2.75) is 13.3 Å². The van der Waals surface area contributed by atoms with Crippen molar-refractivity contribution in [2.24, 2.45) is 0 Å². The molecule has 0 atom stereocenters. The fourth-order valence-corrected chi connectivity index (χ4v) is 2.67. The van der Waals surface area contributed by atoms with Crippen LogP contribution < -0.4 is 5.32 Å². The summed E-state index contributed by atoms with van der Waals surface area (Å²) >= 11 is 5.82. The number of amides is 1. The van der Waals surface area contributed by atoms with Crippen molar-refractivity contribution >= 4 is 40.1 Å². The molecule has 0 bridgehead atoms. The van der Waals surface area contributed by atoms with Crippen molar-refractivity contribution in [1.29, 1.82) is 0 Å². The second kappa shape index (κ2) is 7.58. The molecule has 3 aromatic rings. The number of nitrogens with one attached hydrogen (secondary N) is 1. The first-order valence-electron chi connectivity index (χ1n) is 7.79. The second-order valence-corrected chi connectivity index (χ2v) is 6.18. The van der Waals surface area contributed by atoms with Crippen LogP contribution in [0.4, 0.5) is 10.1 Å². The fourth-order valence-electron chi connectivity index (χ4n) is 2.46. The zero-order chi connectivity index (χ0) is 18.7. The molecule has 0 unspecified atom stereocenters. The van der Waals surface area contributed by atoms with E-state index in [1.165, 1.54) is 18.4 Å². The van der Waals surface area contributed by atoms with Gasteiger partial charge in [0.15, 0.2) is 6.61 Å². The van der Waals surface area contributed by atoms with Crippen LogP contribution in [0.1, 0.15) is 11.1 Å². The summed E-state index contributed by atoms with van der Waals surface area (Å²) in [5.41, 5.74) is 2.67. The number of furan rings is 1. The highest BCUT2D eigenvalue weighted by molar-refractivity contribution is 6.33. The van der Waals surface area contributed by atoms with E-state index in [0.717, 1.165) is 17.0 Å². The molecule has 0 fully saturated rings.